The van der Waals surface area contributed by atoms with Gasteiger partial charge in [0.1, 0.15) is 0 Å². The molecule has 1 N–H and O–H groups in total. The molecule has 1 fully saturated rings. The third-order valence-electron chi connectivity index (χ3n) is 3.88. The van der Waals surface area contributed by atoms with E-state index >= 15 is 0 Å². The standard InChI is InChI=1S/C14H18F3NO2S/c1-18-13(10-5-4-8-21(19,20)9-10)11-6-2-3-7-12(11)14(15,16)17/h2-3,6-7,10,13,18H,4-5,8-9H2,1H3. The minimum absolute atomic E-state index is 0.0648. The highest BCUT2D eigenvalue weighted by Gasteiger charge is 2.38. The van der Waals surface area contributed by atoms with Crippen LogP contribution in [0.1, 0.15) is 30.0 Å². The first kappa shape index (κ1) is 16.3. The minimum Gasteiger partial charge on any atom is -0.313 e. The molecule has 0 radical (unpaired) electrons. The number of benzene rings is 1. The Balaban J connectivity index is 2.38. The monoisotopic (exact) mass is 321 g/mol. The van der Waals surface area contributed by atoms with Crippen molar-refractivity contribution in [1.29, 1.82) is 0 Å². The quantitative estimate of drug-likeness (QED) is 0.931. The Hall–Kier alpha value is -1.08. The van der Waals surface area contributed by atoms with Gasteiger partial charge in [0.15, 0.2) is 9.84 Å². The Kier molecular flexibility index (Phi) is 4.63. The number of hydrogen-bond donors (Lipinski definition) is 1. The molecule has 1 saturated heterocycles. The molecule has 1 aliphatic rings. The lowest BCUT2D eigenvalue weighted by molar-refractivity contribution is -0.138. The van der Waals surface area contributed by atoms with E-state index in [1.165, 1.54) is 12.1 Å². The first-order valence-corrected chi connectivity index (χ1v) is 8.60. The number of nitrogens with one attached hydrogen (secondary N) is 1. The summed E-state index contributed by atoms with van der Waals surface area (Å²) in [5.41, 5.74) is -0.582. The summed E-state index contributed by atoms with van der Waals surface area (Å²) in [6.45, 7) is 0. The van der Waals surface area contributed by atoms with E-state index in [0.717, 1.165) is 6.07 Å². The van der Waals surface area contributed by atoms with Gasteiger partial charge in [-0.2, -0.15) is 13.2 Å². The second-order valence-electron chi connectivity index (χ2n) is 5.37. The van der Waals surface area contributed by atoms with Gasteiger partial charge in [-0.3, -0.25) is 0 Å². The molecule has 0 spiro atoms. The van der Waals surface area contributed by atoms with Gasteiger partial charge in [-0.15, -0.1) is 0 Å². The molecule has 118 valence electrons. The summed E-state index contributed by atoms with van der Waals surface area (Å²) >= 11 is 0. The fraction of sp³-hybridized carbons (Fsp3) is 0.571. The summed E-state index contributed by atoms with van der Waals surface area (Å²) < 4.78 is 62.8. The van der Waals surface area contributed by atoms with Crippen LogP contribution in [0.5, 0.6) is 0 Å². The number of hydrogen-bond acceptors (Lipinski definition) is 3. The SMILES string of the molecule is CNC(c1ccccc1C(F)(F)F)C1CCCS(=O)(=O)C1. The molecule has 0 aromatic heterocycles. The minimum atomic E-state index is -4.45. The van der Waals surface area contributed by atoms with Crippen molar-refractivity contribution < 1.29 is 21.6 Å². The molecule has 21 heavy (non-hydrogen) atoms. The molecule has 1 heterocycles. The number of rotatable bonds is 3. The summed E-state index contributed by atoms with van der Waals surface area (Å²) in [5, 5.41) is 2.87. The topological polar surface area (TPSA) is 46.2 Å². The van der Waals surface area contributed by atoms with E-state index < -0.39 is 27.6 Å². The highest BCUT2D eigenvalue weighted by Crippen LogP contribution is 2.38. The zero-order valence-corrected chi connectivity index (χ0v) is 12.5. The molecule has 0 bridgehead atoms. The van der Waals surface area contributed by atoms with Gasteiger partial charge >= 0.3 is 6.18 Å². The maximum absolute atomic E-state index is 13.1. The summed E-state index contributed by atoms with van der Waals surface area (Å²) in [4.78, 5) is 0. The number of halogens is 3. The van der Waals surface area contributed by atoms with Crippen molar-refractivity contribution in [2.24, 2.45) is 5.92 Å². The van der Waals surface area contributed by atoms with Crippen LogP contribution in [-0.2, 0) is 16.0 Å². The molecule has 1 aromatic rings. The molecular formula is C14H18F3NO2S. The van der Waals surface area contributed by atoms with Crippen molar-refractivity contribution in [1.82, 2.24) is 5.32 Å². The fourth-order valence-corrected chi connectivity index (χ4v) is 4.78. The molecule has 1 aliphatic heterocycles. The third kappa shape index (κ3) is 3.77. The molecule has 1 aromatic carbocycles. The molecule has 2 atom stereocenters. The number of alkyl halides is 3. The predicted octanol–water partition coefficient (Wildman–Crippen LogP) is 2.79. The van der Waals surface area contributed by atoms with Crippen molar-refractivity contribution in [2.75, 3.05) is 18.6 Å². The first-order chi connectivity index (χ1) is 9.74. The third-order valence-corrected chi connectivity index (χ3v) is 5.73. The van der Waals surface area contributed by atoms with Gasteiger partial charge in [0.25, 0.3) is 0 Å². The van der Waals surface area contributed by atoms with E-state index in [1.807, 2.05) is 0 Å². The molecule has 3 nitrogen and oxygen atoms in total. The summed E-state index contributed by atoms with van der Waals surface area (Å²) in [6.07, 6.45) is -3.34. The molecular weight excluding hydrogens is 303 g/mol. The second-order valence-corrected chi connectivity index (χ2v) is 7.60. The summed E-state index contributed by atoms with van der Waals surface area (Å²) in [7, 11) is -1.60. The molecule has 0 amide bonds. The predicted molar refractivity (Wildman–Crippen MR) is 74.6 cm³/mol. The van der Waals surface area contributed by atoms with Gasteiger partial charge in [0.2, 0.25) is 0 Å². The lowest BCUT2D eigenvalue weighted by Gasteiger charge is -2.31. The zero-order valence-electron chi connectivity index (χ0n) is 11.7. The maximum Gasteiger partial charge on any atom is 0.416 e. The van der Waals surface area contributed by atoms with Crippen LogP contribution < -0.4 is 5.32 Å². The molecule has 7 heteroatoms. The summed E-state index contributed by atoms with van der Waals surface area (Å²) in [5.74, 6) is -0.275. The highest BCUT2D eigenvalue weighted by molar-refractivity contribution is 7.91. The summed E-state index contributed by atoms with van der Waals surface area (Å²) in [6, 6.07) is 4.74. The maximum atomic E-state index is 13.1. The Bertz CT molecular complexity index is 598. The average molecular weight is 321 g/mol. The van der Waals surface area contributed by atoms with Crippen LogP contribution >= 0.6 is 0 Å². The van der Waals surface area contributed by atoms with E-state index in [1.54, 1.807) is 13.1 Å². The fourth-order valence-electron chi connectivity index (χ4n) is 2.99. The van der Waals surface area contributed by atoms with Crippen LogP contribution in [0.3, 0.4) is 0 Å². The van der Waals surface area contributed by atoms with Crippen molar-refractivity contribution in [3.05, 3.63) is 35.4 Å². The first-order valence-electron chi connectivity index (χ1n) is 6.78. The Labute approximate surface area is 122 Å². The molecule has 2 unspecified atom stereocenters. The zero-order chi connectivity index (χ0) is 15.7. The van der Waals surface area contributed by atoms with E-state index in [9.17, 15) is 21.6 Å². The van der Waals surface area contributed by atoms with Crippen LogP contribution in [0.25, 0.3) is 0 Å². The van der Waals surface area contributed by atoms with Gasteiger partial charge in [0, 0.05) is 6.04 Å². The van der Waals surface area contributed by atoms with Crippen LogP contribution in [0.15, 0.2) is 24.3 Å². The van der Waals surface area contributed by atoms with Gasteiger partial charge in [-0.25, -0.2) is 8.42 Å². The van der Waals surface area contributed by atoms with Gasteiger partial charge in [0.05, 0.1) is 17.1 Å². The van der Waals surface area contributed by atoms with Crippen LogP contribution in [-0.4, -0.2) is 27.0 Å². The second kappa shape index (κ2) is 5.96. The molecule has 2 rings (SSSR count). The Morgan fingerprint density at radius 2 is 1.95 bits per heavy atom. The van der Waals surface area contributed by atoms with Crippen LogP contribution in [0.2, 0.25) is 0 Å². The number of sulfone groups is 1. The van der Waals surface area contributed by atoms with Crippen LogP contribution in [0, 0.1) is 5.92 Å². The van der Waals surface area contributed by atoms with Crippen LogP contribution in [0.4, 0.5) is 13.2 Å². The largest absolute Gasteiger partial charge is 0.416 e. The van der Waals surface area contributed by atoms with Crippen molar-refractivity contribution in [3.63, 3.8) is 0 Å². The Morgan fingerprint density at radius 3 is 2.52 bits per heavy atom. The van der Waals surface area contributed by atoms with E-state index in [2.05, 4.69) is 5.32 Å². The lowest BCUT2D eigenvalue weighted by atomic mass is 9.88. The van der Waals surface area contributed by atoms with E-state index in [4.69, 9.17) is 0 Å². The molecule has 0 saturated carbocycles. The normalized spacial score (nSPS) is 23.7. The van der Waals surface area contributed by atoms with Crippen molar-refractivity contribution >= 4 is 9.84 Å². The van der Waals surface area contributed by atoms with Crippen molar-refractivity contribution in [3.8, 4) is 0 Å². The highest BCUT2D eigenvalue weighted by atomic mass is 32.2. The smallest absolute Gasteiger partial charge is 0.313 e. The lowest BCUT2D eigenvalue weighted by Crippen LogP contribution is -2.35. The molecule has 0 aliphatic carbocycles. The average Bonchev–Trinajstić information content (AvgIpc) is 2.38. The van der Waals surface area contributed by atoms with Gasteiger partial charge < -0.3 is 5.32 Å². The van der Waals surface area contributed by atoms with Gasteiger partial charge in [-0.05, 0) is 37.4 Å². The van der Waals surface area contributed by atoms with E-state index in [0.29, 0.717) is 12.8 Å². The van der Waals surface area contributed by atoms with Crippen molar-refractivity contribution in [2.45, 2.75) is 25.1 Å². The van der Waals surface area contributed by atoms with Gasteiger partial charge in [-0.1, -0.05) is 18.2 Å². The Morgan fingerprint density at radius 1 is 1.29 bits per heavy atom. The van der Waals surface area contributed by atoms with E-state index in [-0.39, 0.29) is 23.0 Å².